The molecule has 0 aliphatic carbocycles. The topological polar surface area (TPSA) is 88.8 Å². The molecular weight excluding hydrogens is 374 g/mol. The van der Waals surface area contributed by atoms with Gasteiger partial charge in [-0.3, -0.25) is 19.4 Å². The first-order chi connectivity index (χ1) is 13.8. The second kappa shape index (κ2) is 7.40. The van der Waals surface area contributed by atoms with Crippen molar-refractivity contribution in [1.29, 1.82) is 0 Å². The molecule has 2 unspecified atom stereocenters. The molecule has 3 aliphatic rings. The van der Waals surface area contributed by atoms with Crippen molar-refractivity contribution < 1.29 is 4.79 Å². The fraction of sp³-hybridized carbons (Fsp3) is 0.421. The first-order valence-corrected chi connectivity index (χ1v) is 10.4. The van der Waals surface area contributed by atoms with Crippen LogP contribution in [0, 0.1) is 11.8 Å². The lowest BCUT2D eigenvalue weighted by Gasteiger charge is -2.49. The van der Waals surface area contributed by atoms with Gasteiger partial charge in [-0.2, -0.15) is 0 Å². The minimum absolute atomic E-state index is 0.0359. The van der Waals surface area contributed by atoms with Crippen LogP contribution in [0.15, 0.2) is 42.2 Å². The molecule has 6 heterocycles. The molecule has 1 amide bonds. The van der Waals surface area contributed by atoms with Gasteiger partial charge in [0.1, 0.15) is 5.69 Å². The summed E-state index contributed by atoms with van der Waals surface area (Å²) in [6.45, 7) is 2.63. The third kappa shape index (κ3) is 3.43. The molecule has 3 aromatic heterocycles. The van der Waals surface area contributed by atoms with Crippen LogP contribution in [0.1, 0.15) is 12.8 Å². The quantitative estimate of drug-likeness (QED) is 0.712. The van der Waals surface area contributed by atoms with E-state index < -0.39 is 0 Å². The monoisotopic (exact) mass is 395 g/mol. The zero-order valence-corrected chi connectivity index (χ0v) is 16.1. The number of pyridine rings is 1. The summed E-state index contributed by atoms with van der Waals surface area (Å²) in [5.41, 5.74) is 1.62. The van der Waals surface area contributed by atoms with Gasteiger partial charge in [-0.05, 0) is 37.4 Å². The van der Waals surface area contributed by atoms with E-state index in [-0.39, 0.29) is 11.8 Å². The molecule has 3 fully saturated rings. The Morgan fingerprint density at radius 3 is 2.96 bits per heavy atom. The predicted molar refractivity (Wildman–Crippen MR) is 106 cm³/mol. The lowest BCUT2D eigenvalue weighted by molar-refractivity contribution is -0.127. The van der Waals surface area contributed by atoms with Crippen LogP contribution in [0.4, 0.5) is 5.13 Å². The molecule has 3 aliphatic heterocycles. The lowest BCUT2D eigenvalue weighted by Crippen LogP contribution is -2.57. The average Bonchev–Trinajstić information content (AvgIpc) is 3.41. The van der Waals surface area contributed by atoms with E-state index >= 15 is 0 Å². The summed E-state index contributed by atoms with van der Waals surface area (Å²) in [6.07, 6.45) is 7.51. The number of amides is 1. The van der Waals surface area contributed by atoms with Crippen LogP contribution >= 0.6 is 11.3 Å². The molecule has 144 valence electrons. The van der Waals surface area contributed by atoms with Gasteiger partial charge in [0, 0.05) is 30.4 Å². The highest BCUT2D eigenvalue weighted by Crippen LogP contribution is 2.37. The Morgan fingerprint density at radius 1 is 1.25 bits per heavy atom. The highest BCUT2D eigenvalue weighted by Gasteiger charge is 2.43. The zero-order chi connectivity index (χ0) is 18.9. The SMILES string of the molecule is O=C(Nc1nccs1)[C@H]1CN2CCC1C[C@@H]2Cn1cc(-c2ccccn2)nn1. The van der Waals surface area contributed by atoms with E-state index in [1.807, 2.05) is 34.5 Å². The number of anilines is 1. The number of rotatable bonds is 5. The zero-order valence-electron chi connectivity index (χ0n) is 15.3. The van der Waals surface area contributed by atoms with Gasteiger partial charge in [0.2, 0.25) is 5.91 Å². The van der Waals surface area contributed by atoms with Crippen molar-refractivity contribution in [2.75, 3.05) is 18.4 Å². The van der Waals surface area contributed by atoms with Crippen molar-refractivity contribution in [3.63, 3.8) is 0 Å². The first kappa shape index (κ1) is 17.4. The average molecular weight is 395 g/mol. The van der Waals surface area contributed by atoms with Gasteiger partial charge < -0.3 is 5.32 Å². The lowest BCUT2D eigenvalue weighted by atomic mass is 9.75. The third-order valence-electron chi connectivity index (χ3n) is 5.74. The second-order valence-corrected chi connectivity index (χ2v) is 8.30. The maximum atomic E-state index is 12.7. The summed E-state index contributed by atoms with van der Waals surface area (Å²) >= 11 is 1.46. The molecule has 4 atom stereocenters. The van der Waals surface area contributed by atoms with Gasteiger partial charge in [0.15, 0.2) is 5.13 Å². The molecule has 0 spiro atoms. The van der Waals surface area contributed by atoms with Crippen molar-refractivity contribution in [3.05, 3.63) is 42.2 Å². The number of hydrogen-bond acceptors (Lipinski definition) is 7. The van der Waals surface area contributed by atoms with Crippen molar-refractivity contribution in [3.8, 4) is 11.4 Å². The Balaban J connectivity index is 1.23. The molecule has 0 radical (unpaired) electrons. The molecule has 1 N–H and O–H groups in total. The van der Waals surface area contributed by atoms with Gasteiger partial charge in [-0.1, -0.05) is 11.3 Å². The van der Waals surface area contributed by atoms with E-state index in [0.29, 0.717) is 17.1 Å². The highest BCUT2D eigenvalue weighted by atomic mass is 32.1. The number of nitrogens with zero attached hydrogens (tertiary/aromatic N) is 6. The molecule has 28 heavy (non-hydrogen) atoms. The summed E-state index contributed by atoms with van der Waals surface area (Å²) in [6, 6.07) is 6.16. The number of hydrogen-bond donors (Lipinski definition) is 1. The summed E-state index contributed by atoms with van der Waals surface area (Å²) in [4.78, 5) is 23.6. The summed E-state index contributed by atoms with van der Waals surface area (Å²) in [5, 5.41) is 14.1. The van der Waals surface area contributed by atoms with Crippen LogP contribution in [0.3, 0.4) is 0 Å². The number of fused-ring (bicyclic) bond motifs is 3. The molecule has 8 nitrogen and oxygen atoms in total. The highest BCUT2D eigenvalue weighted by molar-refractivity contribution is 7.13. The predicted octanol–water partition coefficient (Wildman–Crippen LogP) is 2.15. The van der Waals surface area contributed by atoms with Gasteiger partial charge in [-0.15, -0.1) is 16.4 Å². The minimum atomic E-state index is 0.0359. The number of thiazole rings is 1. The van der Waals surface area contributed by atoms with Gasteiger partial charge in [0.05, 0.1) is 24.4 Å². The Bertz CT molecular complexity index is 942. The molecular formula is C19H21N7OS. The van der Waals surface area contributed by atoms with Crippen molar-refractivity contribution >= 4 is 22.4 Å². The molecule has 3 saturated heterocycles. The largest absolute Gasteiger partial charge is 0.302 e. The molecule has 3 aromatic rings. The Hall–Kier alpha value is -2.65. The molecule has 2 bridgehead atoms. The maximum absolute atomic E-state index is 12.7. The molecule has 9 heteroatoms. The van der Waals surface area contributed by atoms with Crippen LogP contribution < -0.4 is 5.32 Å². The number of carbonyl (C=O) groups is 1. The molecule has 0 saturated carbocycles. The number of aromatic nitrogens is 5. The van der Waals surface area contributed by atoms with E-state index in [2.05, 4.69) is 30.5 Å². The standard InChI is InChI=1S/C19H21N7OS/c27-18(22-19-21-6-8-28-19)15-11-25-7-4-13(15)9-14(25)10-26-12-17(23-24-26)16-3-1-2-5-20-16/h1-3,5-6,8,12-15H,4,7,9-11H2,(H,21,22,27)/t13?,14-,15+/m1/s1. The van der Waals surface area contributed by atoms with Gasteiger partial charge in [-0.25, -0.2) is 4.98 Å². The van der Waals surface area contributed by atoms with Crippen LogP contribution in [0.5, 0.6) is 0 Å². The normalized spacial score (nSPS) is 26.3. The van der Waals surface area contributed by atoms with Crippen LogP contribution in [0.25, 0.3) is 11.4 Å². The number of piperidine rings is 3. The van der Waals surface area contributed by atoms with Crippen molar-refractivity contribution in [2.45, 2.75) is 25.4 Å². The van der Waals surface area contributed by atoms with Gasteiger partial charge in [0.25, 0.3) is 0 Å². The summed E-state index contributed by atoms with van der Waals surface area (Å²) < 4.78 is 1.90. The van der Waals surface area contributed by atoms with Crippen LogP contribution in [0.2, 0.25) is 0 Å². The Morgan fingerprint density at radius 2 is 2.21 bits per heavy atom. The van der Waals surface area contributed by atoms with E-state index in [1.54, 1.807) is 12.4 Å². The molecule has 0 aromatic carbocycles. The van der Waals surface area contributed by atoms with E-state index in [4.69, 9.17) is 0 Å². The van der Waals surface area contributed by atoms with E-state index in [9.17, 15) is 4.79 Å². The molecule has 6 rings (SSSR count). The fourth-order valence-electron chi connectivity index (χ4n) is 4.34. The van der Waals surface area contributed by atoms with E-state index in [0.717, 1.165) is 43.9 Å². The van der Waals surface area contributed by atoms with Crippen molar-refractivity contribution in [2.24, 2.45) is 11.8 Å². The Kier molecular flexibility index (Phi) is 4.61. The number of carbonyl (C=O) groups excluding carboxylic acids is 1. The van der Waals surface area contributed by atoms with Gasteiger partial charge >= 0.3 is 0 Å². The van der Waals surface area contributed by atoms with E-state index in [1.165, 1.54) is 11.3 Å². The maximum Gasteiger partial charge on any atom is 0.230 e. The smallest absolute Gasteiger partial charge is 0.230 e. The third-order valence-corrected chi connectivity index (χ3v) is 6.43. The minimum Gasteiger partial charge on any atom is -0.302 e. The van der Waals surface area contributed by atoms with Crippen LogP contribution in [-0.2, 0) is 11.3 Å². The van der Waals surface area contributed by atoms with Crippen molar-refractivity contribution in [1.82, 2.24) is 29.9 Å². The summed E-state index contributed by atoms with van der Waals surface area (Å²) in [5.74, 6) is 0.545. The second-order valence-electron chi connectivity index (χ2n) is 7.41. The fourth-order valence-corrected chi connectivity index (χ4v) is 4.88. The van der Waals surface area contributed by atoms with Crippen LogP contribution in [-0.4, -0.2) is 54.9 Å². The Labute approximate surface area is 166 Å². The number of nitrogens with one attached hydrogen (secondary N) is 1. The first-order valence-electron chi connectivity index (χ1n) is 9.52. The summed E-state index contributed by atoms with van der Waals surface area (Å²) in [7, 11) is 0.